The summed E-state index contributed by atoms with van der Waals surface area (Å²) in [7, 11) is 0. The summed E-state index contributed by atoms with van der Waals surface area (Å²) in [5.74, 6) is 0.502. The van der Waals surface area contributed by atoms with Gasteiger partial charge in [0.25, 0.3) is 0 Å². The van der Waals surface area contributed by atoms with Crippen molar-refractivity contribution in [3.05, 3.63) is 64.9 Å². The van der Waals surface area contributed by atoms with Crippen LogP contribution in [0.5, 0.6) is 11.5 Å². The van der Waals surface area contributed by atoms with Gasteiger partial charge in [0.15, 0.2) is 11.9 Å². The molecule has 2 aromatic carbocycles. The molecule has 0 unspecified atom stereocenters. The minimum absolute atomic E-state index is 0.0681. The topological polar surface area (TPSA) is 61.8 Å². The monoisotopic (exact) mass is 394 g/mol. The summed E-state index contributed by atoms with van der Waals surface area (Å²) in [5, 5.41) is 0. The summed E-state index contributed by atoms with van der Waals surface area (Å²) in [4.78, 5) is 24.4. The van der Waals surface area contributed by atoms with Crippen molar-refractivity contribution in [2.75, 3.05) is 6.61 Å². The van der Waals surface area contributed by atoms with E-state index in [4.69, 9.17) is 14.2 Å². The molecule has 0 aromatic heterocycles. The normalized spacial score (nSPS) is 15.6. The molecule has 1 heterocycles. The summed E-state index contributed by atoms with van der Waals surface area (Å²) in [5.41, 5.74) is 2.65. The molecule has 5 nitrogen and oxygen atoms in total. The number of benzene rings is 2. The average molecular weight is 394 g/mol. The number of ether oxygens (including phenoxy) is 3. The second-order valence-electron chi connectivity index (χ2n) is 7.98. The zero-order chi connectivity index (χ0) is 21.2. The maximum Gasteiger partial charge on any atom is 0.347 e. The van der Waals surface area contributed by atoms with Crippen LogP contribution >= 0.6 is 0 Å². The van der Waals surface area contributed by atoms with Gasteiger partial charge >= 0.3 is 5.97 Å². The number of esters is 1. The Hall–Kier alpha value is -3.08. The molecule has 0 radical (unpaired) electrons. The van der Waals surface area contributed by atoms with Crippen LogP contribution in [0.25, 0.3) is 6.08 Å². The molecule has 1 atom stereocenters. The molecular weight excluding hydrogens is 368 g/mol. The van der Waals surface area contributed by atoms with Crippen molar-refractivity contribution < 1.29 is 23.8 Å². The van der Waals surface area contributed by atoms with Crippen LogP contribution in [0.15, 0.2) is 48.2 Å². The Bertz CT molecular complexity index is 948. The maximum absolute atomic E-state index is 12.6. The highest BCUT2D eigenvalue weighted by Crippen LogP contribution is 2.35. The lowest BCUT2D eigenvalue weighted by Crippen LogP contribution is -2.26. The van der Waals surface area contributed by atoms with Gasteiger partial charge in [0, 0.05) is 6.07 Å². The van der Waals surface area contributed by atoms with Crippen LogP contribution < -0.4 is 9.47 Å². The fourth-order valence-electron chi connectivity index (χ4n) is 2.98. The Labute approximate surface area is 171 Å². The standard InChI is InChI=1S/C24H26O5/c1-6-27-23(26)15(2)28-18-11-12-19-20(14-18)29-21(22(19)25)13-16-7-9-17(10-8-16)24(3,4)5/h7-15H,6H2,1-5H3/b21-13+/t15-/m1/s1. The minimum Gasteiger partial charge on any atom is -0.479 e. The molecule has 1 aliphatic rings. The Morgan fingerprint density at radius 1 is 1.14 bits per heavy atom. The minimum atomic E-state index is -0.749. The Kier molecular flexibility index (Phi) is 5.78. The van der Waals surface area contributed by atoms with Crippen LogP contribution in [-0.4, -0.2) is 24.5 Å². The molecule has 0 amide bonds. The summed E-state index contributed by atoms with van der Waals surface area (Å²) in [6, 6.07) is 13.0. The molecule has 0 aliphatic carbocycles. The van der Waals surface area contributed by atoms with Gasteiger partial charge in [-0.3, -0.25) is 4.79 Å². The number of allylic oxidation sites excluding steroid dienone is 1. The third-order valence-corrected chi connectivity index (χ3v) is 4.65. The van der Waals surface area contributed by atoms with Gasteiger partial charge in [-0.1, -0.05) is 45.0 Å². The molecule has 2 aromatic rings. The van der Waals surface area contributed by atoms with Crippen LogP contribution in [0.4, 0.5) is 0 Å². The number of hydrogen-bond acceptors (Lipinski definition) is 5. The summed E-state index contributed by atoms with van der Waals surface area (Å²) in [6.45, 7) is 10.1. The zero-order valence-corrected chi connectivity index (χ0v) is 17.4. The van der Waals surface area contributed by atoms with Crippen molar-refractivity contribution in [1.82, 2.24) is 0 Å². The first-order valence-corrected chi connectivity index (χ1v) is 9.71. The van der Waals surface area contributed by atoms with Gasteiger partial charge in [-0.25, -0.2) is 4.79 Å². The van der Waals surface area contributed by atoms with Gasteiger partial charge in [-0.2, -0.15) is 0 Å². The molecule has 0 fully saturated rings. The van der Waals surface area contributed by atoms with E-state index in [9.17, 15) is 9.59 Å². The van der Waals surface area contributed by atoms with E-state index in [1.54, 1.807) is 38.1 Å². The maximum atomic E-state index is 12.6. The Morgan fingerprint density at radius 2 is 1.83 bits per heavy atom. The van der Waals surface area contributed by atoms with Crippen molar-refractivity contribution >= 4 is 17.8 Å². The molecule has 3 rings (SSSR count). The number of Topliss-reactive ketones (excluding diaryl/α,β-unsaturated/α-hetero) is 1. The molecule has 1 aliphatic heterocycles. The highest BCUT2D eigenvalue weighted by atomic mass is 16.6. The fourth-order valence-corrected chi connectivity index (χ4v) is 2.98. The van der Waals surface area contributed by atoms with Crippen LogP contribution in [0.2, 0.25) is 0 Å². The SMILES string of the molecule is CCOC(=O)[C@@H](C)Oc1ccc2c(c1)O/C(=C/c1ccc(C(C)(C)C)cc1)C2=O. The van der Waals surface area contributed by atoms with Crippen LogP contribution in [0.3, 0.4) is 0 Å². The molecule has 0 bridgehead atoms. The Balaban J connectivity index is 1.76. The molecule has 0 saturated heterocycles. The molecule has 152 valence electrons. The third kappa shape index (κ3) is 4.67. The van der Waals surface area contributed by atoms with E-state index >= 15 is 0 Å². The van der Waals surface area contributed by atoms with E-state index in [1.165, 1.54) is 5.56 Å². The lowest BCUT2D eigenvalue weighted by Gasteiger charge is -2.18. The van der Waals surface area contributed by atoms with Gasteiger partial charge in [-0.15, -0.1) is 0 Å². The van der Waals surface area contributed by atoms with E-state index in [0.717, 1.165) is 5.56 Å². The summed E-state index contributed by atoms with van der Waals surface area (Å²) in [6.07, 6.45) is 0.984. The molecule has 5 heteroatoms. The van der Waals surface area contributed by atoms with Crippen LogP contribution in [-0.2, 0) is 14.9 Å². The fraction of sp³-hybridized carbons (Fsp3) is 0.333. The van der Waals surface area contributed by atoms with Crippen molar-refractivity contribution in [3.8, 4) is 11.5 Å². The highest BCUT2D eigenvalue weighted by molar-refractivity contribution is 6.14. The second-order valence-corrected chi connectivity index (χ2v) is 7.98. The van der Waals surface area contributed by atoms with E-state index in [2.05, 4.69) is 32.9 Å². The summed E-state index contributed by atoms with van der Waals surface area (Å²) < 4.78 is 16.3. The number of rotatable bonds is 5. The number of carbonyl (C=O) groups excluding carboxylic acids is 2. The molecule has 0 saturated carbocycles. The smallest absolute Gasteiger partial charge is 0.347 e. The highest BCUT2D eigenvalue weighted by Gasteiger charge is 2.28. The number of carbonyl (C=O) groups is 2. The zero-order valence-electron chi connectivity index (χ0n) is 17.4. The number of hydrogen-bond donors (Lipinski definition) is 0. The molecular formula is C24H26O5. The first kappa shape index (κ1) is 20.6. The largest absolute Gasteiger partial charge is 0.479 e. The molecule has 0 N–H and O–H groups in total. The Morgan fingerprint density at radius 3 is 2.45 bits per heavy atom. The van der Waals surface area contributed by atoms with Crippen LogP contribution in [0.1, 0.15) is 56.1 Å². The first-order chi connectivity index (χ1) is 13.7. The quantitative estimate of drug-likeness (QED) is 0.531. The van der Waals surface area contributed by atoms with Crippen molar-refractivity contribution in [3.63, 3.8) is 0 Å². The predicted molar refractivity (Wildman–Crippen MR) is 111 cm³/mol. The molecule has 0 spiro atoms. The average Bonchev–Trinajstić information content (AvgIpc) is 2.96. The van der Waals surface area contributed by atoms with Gasteiger partial charge in [-0.05, 0) is 48.6 Å². The third-order valence-electron chi connectivity index (χ3n) is 4.65. The molecule has 29 heavy (non-hydrogen) atoms. The van der Waals surface area contributed by atoms with Crippen molar-refractivity contribution in [2.24, 2.45) is 0 Å². The second kappa shape index (κ2) is 8.11. The van der Waals surface area contributed by atoms with Gasteiger partial charge in [0.2, 0.25) is 5.78 Å². The van der Waals surface area contributed by atoms with Gasteiger partial charge < -0.3 is 14.2 Å². The van der Waals surface area contributed by atoms with Gasteiger partial charge in [0.05, 0.1) is 12.2 Å². The lowest BCUT2D eigenvalue weighted by molar-refractivity contribution is -0.150. The van der Waals surface area contributed by atoms with E-state index in [0.29, 0.717) is 23.7 Å². The first-order valence-electron chi connectivity index (χ1n) is 9.71. The van der Waals surface area contributed by atoms with Crippen LogP contribution in [0, 0.1) is 0 Å². The predicted octanol–water partition coefficient (Wildman–Crippen LogP) is 4.93. The van der Waals surface area contributed by atoms with E-state index in [1.807, 2.05) is 12.1 Å². The van der Waals surface area contributed by atoms with Crippen molar-refractivity contribution in [2.45, 2.75) is 46.1 Å². The number of fused-ring (bicyclic) bond motifs is 1. The van der Waals surface area contributed by atoms with E-state index < -0.39 is 12.1 Å². The number of ketones is 1. The summed E-state index contributed by atoms with van der Waals surface area (Å²) >= 11 is 0. The lowest BCUT2D eigenvalue weighted by atomic mass is 9.86. The van der Waals surface area contributed by atoms with E-state index in [-0.39, 0.29) is 17.0 Å². The van der Waals surface area contributed by atoms with Gasteiger partial charge in [0.1, 0.15) is 11.5 Å². The van der Waals surface area contributed by atoms with Crippen molar-refractivity contribution in [1.29, 1.82) is 0 Å².